The first kappa shape index (κ1) is 21.5. The van der Waals surface area contributed by atoms with Gasteiger partial charge in [-0.2, -0.15) is 0 Å². The second kappa shape index (κ2) is 11.8. The SMILES string of the molecule is COc1cc(CNCCCNCCO)cc(Cl)c1OCc1cccc(C)c1. The van der Waals surface area contributed by atoms with E-state index in [1.807, 2.05) is 24.3 Å². The molecule has 0 unspecified atom stereocenters. The van der Waals surface area contributed by atoms with E-state index in [0.29, 0.717) is 36.2 Å². The van der Waals surface area contributed by atoms with Crippen LogP contribution in [0, 0.1) is 6.92 Å². The normalized spacial score (nSPS) is 10.8. The molecule has 5 nitrogen and oxygen atoms in total. The van der Waals surface area contributed by atoms with Gasteiger partial charge in [0.15, 0.2) is 11.5 Å². The molecule has 0 heterocycles. The molecule has 0 aromatic heterocycles. The number of rotatable bonds is 12. The standard InChI is InChI=1S/C21H29ClN2O3/c1-16-5-3-6-17(11-16)15-27-21-19(22)12-18(13-20(21)26-2)14-24-8-4-7-23-9-10-25/h3,5-6,11-13,23-25H,4,7-10,14-15H2,1-2H3. The summed E-state index contributed by atoms with van der Waals surface area (Å²) in [6.07, 6.45) is 0.989. The number of aryl methyl sites for hydroxylation is 1. The molecule has 0 amide bonds. The molecule has 0 saturated heterocycles. The summed E-state index contributed by atoms with van der Waals surface area (Å²) in [6, 6.07) is 12.1. The molecule has 2 rings (SSSR count). The molecule has 0 aliphatic heterocycles. The zero-order valence-corrected chi connectivity index (χ0v) is 16.8. The Morgan fingerprint density at radius 2 is 1.85 bits per heavy atom. The van der Waals surface area contributed by atoms with E-state index in [9.17, 15) is 0 Å². The molecule has 0 aliphatic carbocycles. The Labute approximate surface area is 166 Å². The smallest absolute Gasteiger partial charge is 0.180 e. The Bertz CT molecular complexity index is 710. The number of nitrogens with one attached hydrogen (secondary N) is 2. The van der Waals surface area contributed by atoms with Crippen LogP contribution in [-0.2, 0) is 13.2 Å². The Balaban J connectivity index is 1.90. The summed E-state index contributed by atoms with van der Waals surface area (Å²) in [5.41, 5.74) is 3.33. The minimum Gasteiger partial charge on any atom is -0.493 e. The van der Waals surface area contributed by atoms with Crippen molar-refractivity contribution in [3.63, 3.8) is 0 Å². The van der Waals surface area contributed by atoms with E-state index < -0.39 is 0 Å². The summed E-state index contributed by atoms with van der Waals surface area (Å²) in [5.74, 6) is 1.20. The first-order valence-electron chi connectivity index (χ1n) is 9.21. The van der Waals surface area contributed by atoms with Crippen LogP contribution in [-0.4, -0.2) is 38.5 Å². The molecule has 0 saturated carbocycles. The van der Waals surface area contributed by atoms with Gasteiger partial charge in [0, 0.05) is 13.1 Å². The summed E-state index contributed by atoms with van der Waals surface area (Å²) in [4.78, 5) is 0. The van der Waals surface area contributed by atoms with Crippen molar-refractivity contribution in [2.75, 3.05) is 33.4 Å². The summed E-state index contributed by atoms with van der Waals surface area (Å²) >= 11 is 6.44. The molecule has 148 valence electrons. The van der Waals surface area contributed by atoms with Crippen LogP contribution in [0.4, 0.5) is 0 Å². The van der Waals surface area contributed by atoms with Crippen molar-refractivity contribution in [1.29, 1.82) is 0 Å². The van der Waals surface area contributed by atoms with Crippen LogP contribution in [0.3, 0.4) is 0 Å². The maximum atomic E-state index is 8.72. The molecule has 2 aromatic rings. The maximum Gasteiger partial charge on any atom is 0.180 e. The molecular formula is C21H29ClN2O3. The molecule has 0 radical (unpaired) electrons. The first-order chi connectivity index (χ1) is 13.1. The number of hydrogen-bond donors (Lipinski definition) is 3. The van der Waals surface area contributed by atoms with Crippen LogP contribution in [0.1, 0.15) is 23.1 Å². The summed E-state index contributed by atoms with van der Waals surface area (Å²) in [6.45, 7) is 5.76. The molecule has 0 spiro atoms. The molecule has 27 heavy (non-hydrogen) atoms. The molecule has 6 heteroatoms. The number of methoxy groups -OCH3 is 1. The highest BCUT2D eigenvalue weighted by Crippen LogP contribution is 2.37. The van der Waals surface area contributed by atoms with Gasteiger partial charge in [0.1, 0.15) is 6.61 Å². The van der Waals surface area contributed by atoms with Gasteiger partial charge in [-0.3, -0.25) is 0 Å². The van der Waals surface area contributed by atoms with Crippen molar-refractivity contribution >= 4 is 11.6 Å². The highest BCUT2D eigenvalue weighted by molar-refractivity contribution is 6.32. The predicted octanol–water partition coefficient (Wildman–Crippen LogP) is 3.30. The topological polar surface area (TPSA) is 62.8 Å². The fourth-order valence-corrected chi connectivity index (χ4v) is 3.04. The minimum absolute atomic E-state index is 0.171. The average Bonchev–Trinajstić information content (AvgIpc) is 2.66. The van der Waals surface area contributed by atoms with Crippen LogP contribution in [0.25, 0.3) is 0 Å². The summed E-state index contributed by atoms with van der Waals surface area (Å²) in [7, 11) is 1.62. The van der Waals surface area contributed by atoms with Gasteiger partial charge < -0.3 is 25.2 Å². The summed E-state index contributed by atoms with van der Waals surface area (Å²) < 4.78 is 11.4. The van der Waals surface area contributed by atoms with E-state index in [4.69, 9.17) is 26.2 Å². The van der Waals surface area contributed by atoms with Crippen LogP contribution < -0.4 is 20.1 Å². The Morgan fingerprint density at radius 1 is 1.04 bits per heavy atom. The van der Waals surface area contributed by atoms with E-state index in [1.165, 1.54) is 5.56 Å². The number of halogens is 1. The van der Waals surface area contributed by atoms with Crippen LogP contribution >= 0.6 is 11.6 Å². The lowest BCUT2D eigenvalue weighted by molar-refractivity contribution is 0.284. The Morgan fingerprint density at radius 3 is 2.59 bits per heavy atom. The van der Waals surface area contributed by atoms with Gasteiger partial charge in [-0.25, -0.2) is 0 Å². The van der Waals surface area contributed by atoms with Gasteiger partial charge in [-0.1, -0.05) is 41.4 Å². The summed E-state index contributed by atoms with van der Waals surface area (Å²) in [5, 5.41) is 15.8. The quantitative estimate of drug-likeness (QED) is 0.484. The van der Waals surface area contributed by atoms with Crippen molar-refractivity contribution in [2.24, 2.45) is 0 Å². The monoisotopic (exact) mass is 392 g/mol. The van der Waals surface area contributed by atoms with Crippen molar-refractivity contribution in [1.82, 2.24) is 10.6 Å². The maximum absolute atomic E-state index is 8.72. The predicted molar refractivity (Wildman–Crippen MR) is 110 cm³/mol. The number of aliphatic hydroxyl groups excluding tert-OH is 1. The van der Waals surface area contributed by atoms with Crippen LogP contribution in [0.5, 0.6) is 11.5 Å². The van der Waals surface area contributed by atoms with Gasteiger partial charge in [0.25, 0.3) is 0 Å². The second-order valence-electron chi connectivity index (χ2n) is 6.39. The fourth-order valence-electron chi connectivity index (χ4n) is 2.75. The van der Waals surface area contributed by atoms with E-state index in [1.54, 1.807) is 7.11 Å². The van der Waals surface area contributed by atoms with E-state index in [2.05, 4.69) is 29.7 Å². The average molecular weight is 393 g/mol. The molecule has 2 aromatic carbocycles. The number of hydrogen-bond acceptors (Lipinski definition) is 5. The third kappa shape index (κ3) is 7.39. The van der Waals surface area contributed by atoms with Crippen molar-refractivity contribution in [3.8, 4) is 11.5 Å². The number of ether oxygens (including phenoxy) is 2. The number of benzene rings is 2. The molecule has 0 atom stereocenters. The molecule has 0 bridgehead atoms. The number of aliphatic hydroxyl groups is 1. The third-order valence-corrected chi connectivity index (χ3v) is 4.36. The van der Waals surface area contributed by atoms with Crippen LogP contribution in [0.15, 0.2) is 36.4 Å². The zero-order chi connectivity index (χ0) is 19.5. The van der Waals surface area contributed by atoms with Gasteiger partial charge in [0.05, 0.1) is 18.7 Å². The molecule has 0 aliphatic rings. The minimum atomic E-state index is 0.171. The molecule has 3 N–H and O–H groups in total. The Kier molecular flexibility index (Phi) is 9.42. The lowest BCUT2D eigenvalue weighted by atomic mass is 10.1. The third-order valence-electron chi connectivity index (χ3n) is 4.08. The zero-order valence-electron chi connectivity index (χ0n) is 16.1. The van der Waals surface area contributed by atoms with Crippen molar-refractivity contribution in [2.45, 2.75) is 26.5 Å². The van der Waals surface area contributed by atoms with E-state index in [0.717, 1.165) is 30.6 Å². The highest BCUT2D eigenvalue weighted by atomic mass is 35.5. The Hall–Kier alpha value is -1.79. The highest BCUT2D eigenvalue weighted by Gasteiger charge is 2.12. The van der Waals surface area contributed by atoms with E-state index in [-0.39, 0.29) is 6.61 Å². The van der Waals surface area contributed by atoms with Crippen molar-refractivity contribution in [3.05, 3.63) is 58.1 Å². The largest absolute Gasteiger partial charge is 0.493 e. The fraction of sp³-hybridized carbons (Fsp3) is 0.429. The van der Waals surface area contributed by atoms with E-state index >= 15 is 0 Å². The molecule has 0 fully saturated rings. The van der Waals surface area contributed by atoms with Gasteiger partial charge >= 0.3 is 0 Å². The van der Waals surface area contributed by atoms with Gasteiger partial charge in [-0.05, 0) is 49.7 Å². The second-order valence-corrected chi connectivity index (χ2v) is 6.80. The molecular weight excluding hydrogens is 364 g/mol. The van der Waals surface area contributed by atoms with Gasteiger partial charge in [0.2, 0.25) is 0 Å². The van der Waals surface area contributed by atoms with Crippen LogP contribution in [0.2, 0.25) is 5.02 Å². The lowest BCUT2D eigenvalue weighted by Gasteiger charge is -2.15. The first-order valence-corrected chi connectivity index (χ1v) is 9.59. The van der Waals surface area contributed by atoms with Gasteiger partial charge in [-0.15, -0.1) is 0 Å². The lowest BCUT2D eigenvalue weighted by Crippen LogP contribution is -2.23. The van der Waals surface area contributed by atoms with Crippen molar-refractivity contribution < 1.29 is 14.6 Å².